The van der Waals surface area contributed by atoms with Gasteiger partial charge in [0.05, 0.1) is 12.2 Å². The number of hydrogen-bond donors (Lipinski definition) is 1. The highest BCUT2D eigenvalue weighted by Gasteiger charge is 2.30. The van der Waals surface area contributed by atoms with Crippen molar-refractivity contribution in [3.63, 3.8) is 0 Å². The molecule has 2 N–H and O–H groups in total. The van der Waals surface area contributed by atoms with Crippen LogP contribution < -0.4 is 5.73 Å². The van der Waals surface area contributed by atoms with E-state index >= 15 is 0 Å². The Labute approximate surface area is 56.4 Å². The van der Waals surface area contributed by atoms with Gasteiger partial charge < -0.3 is 10.5 Å². The van der Waals surface area contributed by atoms with Crippen LogP contribution in [0, 0.1) is 5.92 Å². The lowest BCUT2D eigenvalue weighted by Crippen LogP contribution is -2.18. The standard InChI is InChI=1S/C7H15NO/c1-7(2)3-6(4-8)5-9-7/h6H,3-5,8H2,1-2H3. The average Bonchev–Trinajstić information content (AvgIpc) is 2.10. The zero-order valence-electron chi connectivity index (χ0n) is 6.18. The highest BCUT2D eigenvalue weighted by molar-refractivity contribution is 4.80. The van der Waals surface area contributed by atoms with Gasteiger partial charge in [0.2, 0.25) is 0 Å². The average molecular weight is 129 g/mol. The molecule has 0 amide bonds. The molecular weight excluding hydrogens is 114 g/mol. The van der Waals surface area contributed by atoms with Crippen molar-refractivity contribution in [1.82, 2.24) is 0 Å². The lowest BCUT2D eigenvalue weighted by Gasteiger charge is -2.15. The summed E-state index contributed by atoms with van der Waals surface area (Å²) in [5.74, 6) is 0.597. The van der Waals surface area contributed by atoms with Crippen molar-refractivity contribution in [1.29, 1.82) is 0 Å². The molecule has 9 heavy (non-hydrogen) atoms. The summed E-state index contributed by atoms with van der Waals surface area (Å²) in [6.07, 6.45) is 1.11. The van der Waals surface area contributed by atoms with Gasteiger partial charge in [-0.2, -0.15) is 0 Å². The van der Waals surface area contributed by atoms with Crippen LogP contribution >= 0.6 is 0 Å². The van der Waals surface area contributed by atoms with Gasteiger partial charge in [0.15, 0.2) is 0 Å². The van der Waals surface area contributed by atoms with Crippen molar-refractivity contribution in [2.24, 2.45) is 11.7 Å². The second-order valence-corrected chi connectivity index (χ2v) is 3.38. The summed E-state index contributed by atoms with van der Waals surface area (Å²) >= 11 is 0. The highest BCUT2D eigenvalue weighted by Crippen LogP contribution is 2.27. The topological polar surface area (TPSA) is 35.2 Å². The van der Waals surface area contributed by atoms with E-state index in [1.54, 1.807) is 0 Å². The molecule has 1 atom stereocenters. The van der Waals surface area contributed by atoms with Gasteiger partial charge in [-0.3, -0.25) is 0 Å². The van der Waals surface area contributed by atoms with Gasteiger partial charge in [-0.1, -0.05) is 0 Å². The summed E-state index contributed by atoms with van der Waals surface area (Å²) in [6.45, 7) is 5.85. The second kappa shape index (κ2) is 2.27. The Kier molecular flexibility index (Phi) is 1.78. The Morgan fingerprint density at radius 2 is 2.33 bits per heavy atom. The molecule has 1 saturated heterocycles. The van der Waals surface area contributed by atoms with Crippen LogP contribution in [0.1, 0.15) is 20.3 Å². The molecule has 0 radical (unpaired) electrons. The number of hydrogen-bond acceptors (Lipinski definition) is 2. The maximum Gasteiger partial charge on any atom is 0.0630 e. The molecule has 0 bridgehead atoms. The van der Waals surface area contributed by atoms with E-state index < -0.39 is 0 Å². The molecule has 1 unspecified atom stereocenters. The minimum Gasteiger partial charge on any atom is -0.375 e. The van der Waals surface area contributed by atoms with Gasteiger partial charge in [-0.05, 0) is 32.7 Å². The van der Waals surface area contributed by atoms with Crippen LogP contribution in [0.4, 0.5) is 0 Å². The van der Waals surface area contributed by atoms with E-state index in [1.807, 2.05) is 0 Å². The molecule has 1 heterocycles. The minimum absolute atomic E-state index is 0.0873. The predicted molar refractivity (Wildman–Crippen MR) is 37.2 cm³/mol. The largest absolute Gasteiger partial charge is 0.375 e. The van der Waals surface area contributed by atoms with E-state index in [4.69, 9.17) is 10.5 Å². The molecule has 1 aliphatic heterocycles. The lowest BCUT2D eigenvalue weighted by atomic mass is 9.98. The fourth-order valence-electron chi connectivity index (χ4n) is 1.31. The van der Waals surface area contributed by atoms with Gasteiger partial charge >= 0.3 is 0 Å². The normalized spacial score (nSPS) is 33.0. The first kappa shape index (κ1) is 7.03. The van der Waals surface area contributed by atoms with Crippen LogP contribution in [0.25, 0.3) is 0 Å². The maximum atomic E-state index is 5.47. The quantitative estimate of drug-likeness (QED) is 0.567. The van der Waals surface area contributed by atoms with Crippen molar-refractivity contribution in [3.8, 4) is 0 Å². The van der Waals surface area contributed by atoms with Crippen LogP contribution in [0.5, 0.6) is 0 Å². The molecule has 1 rings (SSSR count). The molecule has 0 aromatic heterocycles. The van der Waals surface area contributed by atoms with Crippen molar-refractivity contribution in [2.45, 2.75) is 25.9 Å². The monoisotopic (exact) mass is 129 g/mol. The van der Waals surface area contributed by atoms with Gasteiger partial charge in [-0.15, -0.1) is 0 Å². The van der Waals surface area contributed by atoms with Gasteiger partial charge in [0, 0.05) is 0 Å². The number of nitrogens with two attached hydrogens (primary N) is 1. The zero-order valence-corrected chi connectivity index (χ0v) is 6.18. The number of ether oxygens (including phenoxy) is 1. The third-order valence-electron chi connectivity index (χ3n) is 1.82. The molecular formula is C7H15NO. The number of rotatable bonds is 1. The molecule has 2 nitrogen and oxygen atoms in total. The summed E-state index contributed by atoms with van der Waals surface area (Å²) in [4.78, 5) is 0. The first-order valence-electron chi connectivity index (χ1n) is 3.48. The van der Waals surface area contributed by atoms with Gasteiger partial charge in [-0.25, -0.2) is 0 Å². The molecule has 0 spiro atoms. The molecule has 0 aromatic carbocycles. The predicted octanol–water partition coefficient (Wildman–Crippen LogP) is 0.760. The smallest absolute Gasteiger partial charge is 0.0630 e. The summed E-state index contributed by atoms with van der Waals surface area (Å²) in [7, 11) is 0. The molecule has 1 aliphatic rings. The summed E-state index contributed by atoms with van der Waals surface area (Å²) < 4.78 is 5.46. The van der Waals surface area contributed by atoms with Crippen molar-refractivity contribution < 1.29 is 4.74 Å². The van der Waals surface area contributed by atoms with Crippen LogP contribution in [0.2, 0.25) is 0 Å². The second-order valence-electron chi connectivity index (χ2n) is 3.38. The Balaban J connectivity index is 2.38. The van der Waals surface area contributed by atoms with Crippen LogP contribution in [0.3, 0.4) is 0 Å². The van der Waals surface area contributed by atoms with Crippen LogP contribution in [-0.2, 0) is 4.74 Å². The third-order valence-corrected chi connectivity index (χ3v) is 1.82. The Morgan fingerprint density at radius 1 is 1.67 bits per heavy atom. The van der Waals surface area contributed by atoms with Gasteiger partial charge in [0.25, 0.3) is 0 Å². The Hall–Kier alpha value is -0.0800. The van der Waals surface area contributed by atoms with E-state index in [9.17, 15) is 0 Å². The van der Waals surface area contributed by atoms with Crippen LogP contribution in [-0.4, -0.2) is 18.8 Å². The third kappa shape index (κ3) is 1.66. The summed E-state index contributed by atoms with van der Waals surface area (Å²) in [6, 6.07) is 0. The first-order valence-corrected chi connectivity index (χ1v) is 3.48. The van der Waals surface area contributed by atoms with Crippen LogP contribution in [0.15, 0.2) is 0 Å². The highest BCUT2D eigenvalue weighted by atomic mass is 16.5. The SMILES string of the molecule is CC1(C)CC(CN)CO1. The Morgan fingerprint density at radius 3 is 2.56 bits per heavy atom. The molecule has 2 heteroatoms. The minimum atomic E-state index is 0.0873. The zero-order chi connectivity index (χ0) is 6.91. The van der Waals surface area contributed by atoms with E-state index in [0.717, 1.165) is 19.6 Å². The molecule has 0 aromatic rings. The first-order chi connectivity index (χ1) is 4.14. The summed E-state index contributed by atoms with van der Waals surface area (Å²) in [5, 5.41) is 0. The van der Waals surface area contributed by atoms with E-state index in [-0.39, 0.29) is 5.60 Å². The Bertz CT molecular complexity index is 101. The van der Waals surface area contributed by atoms with E-state index in [0.29, 0.717) is 5.92 Å². The molecule has 1 fully saturated rings. The van der Waals surface area contributed by atoms with E-state index in [1.165, 1.54) is 0 Å². The molecule has 54 valence electrons. The summed E-state index contributed by atoms with van der Waals surface area (Å²) in [5.41, 5.74) is 5.56. The van der Waals surface area contributed by atoms with Crippen molar-refractivity contribution in [2.75, 3.05) is 13.2 Å². The fourth-order valence-corrected chi connectivity index (χ4v) is 1.31. The van der Waals surface area contributed by atoms with E-state index in [2.05, 4.69) is 13.8 Å². The van der Waals surface area contributed by atoms with Gasteiger partial charge in [0.1, 0.15) is 0 Å². The van der Waals surface area contributed by atoms with Crippen molar-refractivity contribution >= 4 is 0 Å². The molecule has 0 saturated carbocycles. The maximum absolute atomic E-state index is 5.47. The molecule has 0 aliphatic carbocycles. The fraction of sp³-hybridized carbons (Fsp3) is 1.00. The van der Waals surface area contributed by atoms with Crippen molar-refractivity contribution in [3.05, 3.63) is 0 Å². The lowest BCUT2D eigenvalue weighted by molar-refractivity contribution is 0.0352.